The van der Waals surface area contributed by atoms with Crippen molar-refractivity contribution in [2.24, 2.45) is 0 Å². The minimum Gasteiger partial charge on any atom is -0.264 e. The summed E-state index contributed by atoms with van der Waals surface area (Å²) in [6.45, 7) is 0. The van der Waals surface area contributed by atoms with E-state index >= 15 is 0 Å². The number of pyridine rings is 2. The molecule has 210 valence electrons. The predicted molar refractivity (Wildman–Crippen MR) is 195 cm³/mol. The molecule has 2 aromatic heterocycles. The van der Waals surface area contributed by atoms with Crippen LogP contribution in [0.3, 0.4) is 0 Å². The van der Waals surface area contributed by atoms with E-state index in [4.69, 9.17) is 4.98 Å². The van der Waals surface area contributed by atoms with Crippen molar-refractivity contribution in [1.82, 2.24) is 9.97 Å². The van der Waals surface area contributed by atoms with Gasteiger partial charge in [0.2, 0.25) is 0 Å². The monoisotopic (exact) mass is 580 g/mol. The van der Waals surface area contributed by atoms with E-state index in [1.54, 1.807) is 0 Å². The van der Waals surface area contributed by atoms with Crippen molar-refractivity contribution in [2.75, 3.05) is 0 Å². The molecule has 0 atom stereocenters. The van der Waals surface area contributed by atoms with E-state index in [-0.39, 0.29) is 0 Å². The maximum atomic E-state index is 5.02. The average molecular weight is 581 g/mol. The number of hydrogen-bond donors (Lipinski definition) is 0. The maximum Gasteiger partial charge on any atom is 0.0714 e. The van der Waals surface area contributed by atoms with E-state index in [0.29, 0.717) is 0 Å². The molecule has 0 radical (unpaired) electrons. The van der Waals surface area contributed by atoms with Gasteiger partial charge in [0.15, 0.2) is 0 Å². The Kier molecular flexibility index (Phi) is 4.61. The Hall–Kier alpha value is -6.12. The second-order valence-electron chi connectivity index (χ2n) is 12.5. The molecule has 0 aliphatic carbocycles. The Morgan fingerprint density at radius 1 is 0.348 bits per heavy atom. The topological polar surface area (TPSA) is 25.8 Å². The highest BCUT2D eigenvalue weighted by Gasteiger charge is 2.26. The van der Waals surface area contributed by atoms with Crippen LogP contribution in [0.25, 0.3) is 109 Å². The average Bonchev–Trinajstić information content (AvgIpc) is 3.61. The molecule has 0 amide bonds. The van der Waals surface area contributed by atoms with Crippen molar-refractivity contribution in [1.29, 1.82) is 0 Å². The summed E-state index contributed by atoms with van der Waals surface area (Å²) >= 11 is 0. The lowest BCUT2D eigenvalue weighted by Gasteiger charge is -2.16. The fraction of sp³-hybridized carbons (Fsp3) is 0. The van der Waals surface area contributed by atoms with E-state index in [9.17, 15) is 0 Å². The zero-order valence-corrected chi connectivity index (χ0v) is 24.8. The Morgan fingerprint density at radius 2 is 1.00 bits per heavy atom. The molecule has 9 aromatic carbocycles. The molecule has 0 saturated carbocycles. The summed E-state index contributed by atoms with van der Waals surface area (Å²) in [6.07, 6.45) is 5.81. The minimum absolute atomic E-state index is 0.990. The van der Waals surface area contributed by atoms with Crippen molar-refractivity contribution in [3.63, 3.8) is 0 Å². The lowest BCUT2D eigenvalue weighted by atomic mass is 9.87. The SMILES string of the molecule is c1ccc(-c2c3cc4c(cc3c(-c3cccnc3)c3c5cc6ccccc6c6cccc(c23)c65)c2cccc3cccc4c32)nc1. The van der Waals surface area contributed by atoms with Crippen molar-refractivity contribution >= 4 is 86.2 Å². The Labute approximate surface area is 263 Å². The molecule has 0 spiro atoms. The number of hydrogen-bond acceptors (Lipinski definition) is 2. The molecule has 2 nitrogen and oxygen atoms in total. The molecule has 11 aromatic rings. The highest BCUT2D eigenvalue weighted by molar-refractivity contribution is 6.43. The van der Waals surface area contributed by atoms with Gasteiger partial charge in [-0.3, -0.25) is 9.97 Å². The van der Waals surface area contributed by atoms with Gasteiger partial charge in [0.05, 0.1) is 5.69 Å². The van der Waals surface area contributed by atoms with Crippen molar-refractivity contribution in [2.45, 2.75) is 0 Å². The molecule has 46 heavy (non-hydrogen) atoms. The van der Waals surface area contributed by atoms with Gasteiger partial charge < -0.3 is 0 Å². The molecule has 11 rings (SSSR count). The van der Waals surface area contributed by atoms with E-state index in [1.807, 2.05) is 24.7 Å². The first-order valence-corrected chi connectivity index (χ1v) is 15.8. The van der Waals surface area contributed by atoms with Gasteiger partial charge in [0, 0.05) is 35.1 Å². The summed E-state index contributed by atoms with van der Waals surface area (Å²) in [5.41, 5.74) is 4.54. The molecular formula is C44H24N2. The molecule has 2 heterocycles. The third-order valence-electron chi connectivity index (χ3n) is 10.2. The quantitative estimate of drug-likeness (QED) is 0.190. The van der Waals surface area contributed by atoms with Gasteiger partial charge in [0.1, 0.15) is 0 Å². The van der Waals surface area contributed by atoms with Crippen LogP contribution in [0, 0.1) is 0 Å². The van der Waals surface area contributed by atoms with Gasteiger partial charge in [0.25, 0.3) is 0 Å². The lowest BCUT2D eigenvalue weighted by molar-refractivity contribution is 1.33. The van der Waals surface area contributed by atoms with Gasteiger partial charge in [-0.05, 0) is 123 Å². The zero-order chi connectivity index (χ0) is 29.9. The normalized spacial score (nSPS) is 12.3. The summed E-state index contributed by atoms with van der Waals surface area (Å²) in [6, 6.07) is 46.8. The van der Waals surface area contributed by atoms with Crippen LogP contribution < -0.4 is 0 Å². The summed E-state index contributed by atoms with van der Waals surface area (Å²) in [5, 5.41) is 20.5. The molecular weight excluding hydrogens is 556 g/mol. The van der Waals surface area contributed by atoms with Gasteiger partial charge in [-0.15, -0.1) is 0 Å². The fourth-order valence-corrected chi connectivity index (χ4v) is 8.46. The summed E-state index contributed by atoms with van der Waals surface area (Å²) in [5.74, 6) is 0. The van der Waals surface area contributed by atoms with E-state index < -0.39 is 0 Å². The maximum absolute atomic E-state index is 5.02. The number of fused-ring (bicyclic) bond motifs is 9. The van der Waals surface area contributed by atoms with E-state index in [0.717, 1.165) is 11.3 Å². The third-order valence-corrected chi connectivity index (χ3v) is 10.2. The zero-order valence-electron chi connectivity index (χ0n) is 24.8. The molecule has 0 fully saturated rings. The van der Waals surface area contributed by atoms with Crippen LogP contribution >= 0.6 is 0 Å². The number of aromatic nitrogens is 2. The third kappa shape index (κ3) is 3.01. The first-order valence-electron chi connectivity index (χ1n) is 15.8. The summed E-state index contributed by atoms with van der Waals surface area (Å²) in [7, 11) is 0. The van der Waals surface area contributed by atoms with Gasteiger partial charge in [-0.2, -0.15) is 0 Å². The van der Waals surface area contributed by atoms with Gasteiger partial charge in [-0.1, -0.05) is 91.0 Å². The highest BCUT2D eigenvalue weighted by atomic mass is 14.7. The van der Waals surface area contributed by atoms with Crippen molar-refractivity contribution in [3.05, 3.63) is 146 Å². The van der Waals surface area contributed by atoms with Crippen LogP contribution in [-0.4, -0.2) is 9.97 Å². The molecule has 0 aliphatic rings. The van der Waals surface area contributed by atoms with Crippen LogP contribution in [0.15, 0.2) is 146 Å². The van der Waals surface area contributed by atoms with Crippen LogP contribution in [0.5, 0.6) is 0 Å². The molecule has 2 heteroatoms. The van der Waals surface area contributed by atoms with E-state index in [2.05, 4.69) is 126 Å². The fourth-order valence-electron chi connectivity index (χ4n) is 8.46. The summed E-state index contributed by atoms with van der Waals surface area (Å²) < 4.78 is 0. The molecule has 0 N–H and O–H groups in total. The second kappa shape index (κ2) is 8.74. The van der Waals surface area contributed by atoms with Crippen LogP contribution in [0.4, 0.5) is 0 Å². The first kappa shape index (κ1) is 24.2. The Bertz CT molecular complexity index is 2990. The number of nitrogens with zero attached hydrogens (tertiary/aromatic N) is 2. The van der Waals surface area contributed by atoms with E-state index in [1.165, 1.54) is 97.3 Å². The van der Waals surface area contributed by atoms with Gasteiger partial charge in [-0.25, -0.2) is 0 Å². The molecule has 0 saturated heterocycles. The minimum atomic E-state index is 0.990. The van der Waals surface area contributed by atoms with Crippen LogP contribution in [-0.2, 0) is 0 Å². The Balaban J connectivity index is 1.50. The first-order chi connectivity index (χ1) is 22.8. The summed E-state index contributed by atoms with van der Waals surface area (Å²) in [4.78, 5) is 9.67. The van der Waals surface area contributed by atoms with Crippen molar-refractivity contribution in [3.8, 4) is 22.4 Å². The van der Waals surface area contributed by atoms with Crippen LogP contribution in [0.1, 0.15) is 0 Å². The highest BCUT2D eigenvalue weighted by Crippen LogP contribution is 2.53. The Morgan fingerprint density at radius 3 is 1.76 bits per heavy atom. The predicted octanol–water partition coefficient (Wildman–Crippen LogP) is 11.9. The van der Waals surface area contributed by atoms with Crippen molar-refractivity contribution < 1.29 is 0 Å². The smallest absolute Gasteiger partial charge is 0.0714 e. The van der Waals surface area contributed by atoms with Crippen LogP contribution in [0.2, 0.25) is 0 Å². The molecule has 0 aliphatic heterocycles. The largest absolute Gasteiger partial charge is 0.264 e. The standard InChI is InChI=1S/C44H24N2/c1-2-13-28-26(9-1)21-37-41-29(28)16-7-17-32(41)43-42(38-18-3-4-20-46-38)36-23-34-31-15-6-11-25-10-5-14-30(39(25)31)33(34)22-35(36)40(44(37)43)27-12-8-19-45-24-27/h1-24H. The molecule has 0 unspecified atom stereocenters. The lowest BCUT2D eigenvalue weighted by Crippen LogP contribution is -1.91. The number of benzene rings is 7. The second-order valence-corrected chi connectivity index (χ2v) is 12.5. The molecule has 0 bridgehead atoms. The number of rotatable bonds is 2. The van der Waals surface area contributed by atoms with Gasteiger partial charge >= 0.3 is 0 Å².